The molecule has 2 amide bonds. The van der Waals surface area contributed by atoms with Gasteiger partial charge >= 0.3 is 0 Å². The van der Waals surface area contributed by atoms with Crippen LogP contribution in [0, 0.1) is 0 Å². The second kappa shape index (κ2) is 13.0. The first-order valence-electron chi connectivity index (χ1n) is 11.9. The molecular weight excluding hydrogens is 487 g/mol. The van der Waals surface area contributed by atoms with E-state index < -0.39 is 11.6 Å². The van der Waals surface area contributed by atoms with E-state index in [-0.39, 0.29) is 24.8 Å². The van der Waals surface area contributed by atoms with Gasteiger partial charge in [-0.05, 0) is 83.4 Å². The van der Waals surface area contributed by atoms with E-state index in [9.17, 15) is 9.59 Å². The van der Waals surface area contributed by atoms with Gasteiger partial charge in [-0.3, -0.25) is 9.59 Å². The summed E-state index contributed by atoms with van der Waals surface area (Å²) < 4.78 is 11.3. The molecule has 0 aliphatic carbocycles. The van der Waals surface area contributed by atoms with Crippen LogP contribution < -0.4 is 14.8 Å². The van der Waals surface area contributed by atoms with Crippen molar-refractivity contribution in [2.45, 2.75) is 72.5 Å². The molecule has 0 saturated carbocycles. The summed E-state index contributed by atoms with van der Waals surface area (Å²) in [6, 6.07) is 10.1. The molecule has 0 fully saturated rings. The number of ether oxygens (including phenoxy) is 2. The maximum absolute atomic E-state index is 13.4. The number of hydrogen-bond donors (Lipinski definition) is 1. The molecule has 0 spiro atoms. The van der Waals surface area contributed by atoms with Gasteiger partial charge in [-0.1, -0.05) is 35.3 Å². The summed E-state index contributed by atoms with van der Waals surface area (Å²) in [7, 11) is 0. The van der Waals surface area contributed by atoms with Crippen molar-refractivity contribution in [1.82, 2.24) is 10.2 Å². The van der Waals surface area contributed by atoms with Crippen molar-refractivity contribution < 1.29 is 19.1 Å². The Morgan fingerprint density at radius 1 is 1.00 bits per heavy atom. The smallest absolute Gasteiger partial charge is 0.242 e. The predicted molar refractivity (Wildman–Crippen MR) is 141 cm³/mol. The molecule has 0 aromatic heterocycles. The molecule has 0 bridgehead atoms. The average molecular weight is 524 g/mol. The molecular formula is C27H36Cl2N2O4. The summed E-state index contributed by atoms with van der Waals surface area (Å²) in [5.74, 6) is 0.952. The molecule has 0 radical (unpaired) electrons. The SMILES string of the molecule is CCOc1ccc(CCC(=O)N(Cc2ccc(Cl)cc2Cl)[C@H](C)C(=O)NC(C)(C)C)cc1OCC. The fourth-order valence-corrected chi connectivity index (χ4v) is 4.00. The van der Waals surface area contributed by atoms with Crippen molar-refractivity contribution in [2.24, 2.45) is 0 Å². The van der Waals surface area contributed by atoms with E-state index in [2.05, 4.69) is 5.32 Å². The number of rotatable bonds is 11. The summed E-state index contributed by atoms with van der Waals surface area (Å²) in [4.78, 5) is 27.9. The number of nitrogens with zero attached hydrogens (tertiary/aromatic N) is 1. The van der Waals surface area contributed by atoms with E-state index in [1.165, 1.54) is 0 Å². The van der Waals surface area contributed by atoms with Crippen LogP contribution in [0.2, 0.25) is 10.0 Å². The summed E-state index contributed by atoms with van der Waals surface area (Å²) >= 11 is 12.4. The van der Waals surface area contributed by atoms with Crippen LogP contribution in [0.25, 0.3) is 0 Å². The van der Waals surface area contributed by atoms with Gasteiger partial charge < -0.3 is 19.7 Å². The highest BCUT2D eigenvalue weighted by Gasteiger charge is 2.28. The molecule has 0 heterocycles. The molecule has 0 aliphatic rings. The van der Waals surface area contributed by atoms with Gasteiger partial charge in [0.1, 0.15) is 6.04 Å². The fourth-order valence-electron chi connectivity index (χ4n) is 3.54. The van der Waals surface area contributed by atoms with Crippen molar-refractivity contribution in [2.75, 3.05) is 13.2 Å². The second-order valence-electron chi connectivity index (χ2n) is 9.32. The number of nitrogens with one attached hydrogen (secondary N) is 1. The second-order valence-corrected chi connectivity index (χ2v) is 10.2. The summed E-state index contributed by atoms with van der Waals surface area (Å²) in [6.07, 6.45) is 0.710. The summed E-state index contributed by atoms with van der Waals surface area (Å²) in [5, 5.41) is 3.92. The predicted octanol–water partition coefficient (Wildman–Crippen LogP) is 6.06. The van der Waals surface area contributed by atoms with Crippen molar-refractivity contribution in [3.63, 3.8) is 0 Å². The third-order valence-corrected chi connectivity index (χ3v) is 5.84. The number of amides is 2. The van der Waals surface area contributed by atoms with Crippen LogP contribution in [0.1, 0.15) is 59.1 Å². The fraction of sp³-hybridized carbons (Fsp3) is 0.481. The number of halogens is 2. The van der Waals surface area contributed by atoms with Crippen molar-refractivity contribution in [3.8, 4) is 11.5 Å². The third kappa shape index (κ3) is 8.93. The summed E-state index contributed by atoms with van der Waals surface area (Å²) in [6.45, 7) is 12.5. The Labute approximate surface area is 218 Å². The van der Waals surface area contributed by atoms with Gasteiger partial charge in [-0.25, -0.2) is 0 Å². The molecule has 0 unspecified atom stereocenters. The Balaban J connectivity index is 2.24. The highest BCUT2D eigenvalue weighted by molar-refractivity contribution is 6.35. The van der Waals surface area contributed by atoms with E-state index in [1.54, 1.807) is 30.0 Å². The minimum Gasteiger partial charge on any atom is -0.490 e. The Hall–Kier alpha value is -2.44. The van der Waals surface area contributed by atoms with Crippen molar-refractivity contribution in [3.05, 3.63) is 57.6 Å². The largest absolute Gasteiger partial charge is 0.490 e. The van der Waals surface area contributed by atoms with Crippen LogP contribution in [0.4, 0.5) is 0 Å². The normalized spacial score (nSPS) is 12.1. The lowest BCUT2D eigenvalue weighted by Gasteiger charge is -2.31. The Morgan fingerprint density at radius 3 is 2.26 bits per heavy atom. The zero-order chi connectivity index (χ0) is 26.2. The van der Waals surface area contributed by atoms with Crippen LogP contribution in [-0.2, 0) is 22.6 Å². The molecule has 0 saturated heterocycles. The number of benzene rings is 2. The molecule has 192 valence electrons. The van der Waals surface area contributed by atoms with E-state index >= 15 is 0 Å². The van der Waals surface area contributed by atoms with Crippen LogP contribution in [0.3, 0.4) is 0 Å². The Kier molecular flexibility index (Phi) is 10.7. The van der Waals surface area contributed by atoms with Gasteiger partial charge in [-0.15, -0.1) is 0 Å². The average Bonchev–Trinajstić information content (AvgIpc) is 2.77. The molecule has 1 N–H and O–H groups in total. The first kappa shape index (κ1) is 28.8. The van der Waals surface area contributed by atoms with Gasteiger partial charge in [0.15, 0.2) is 11.5 Å². The number of carbonyl (C=O) groups is 2. The standard InChI is InChI=1S/C27H36Cl2N2O4/c1-7-34-23-13-9-19(15-24(23)35-8-2)10-14-25(32)31(18(3)26(33)30-27(4,5)6)17-20-11-12-21(28)16-22(20)29/h9,11-13,15-16,18H,7-8,10,14,17H2,1-6H3,(H,30,33)/t18-/m1/s1. The quantitative estimate of drug-likeness (QED) is 0.389. The third-order valence-electron chi connectivity index (χ3n) is 5.26. The lowest BCUT2D eigenvalue weighted by atomic mass is 10.1. The molecule has 2 aromatic rings. The highest BCUT2D eigenvalue weighted by Crippen LogP contribution is 2.29. The lowest BCUT2D eigenvalue weighted by molar-refractivity contribution is -0.141. The molecule has 35 heavy (non-hydrogen) atoms. The van der Waals surface area contributed by atoms with Gasteiger partial charge in [0, 0.05) is 28.5 Å². The van der Waals surface area contributed by atoms with Gasteiger partial charge in [0.2, 0.25) is 11.8 Å². The zero-order valence-electron chi connectivity index (χ0n) is 21.4. The van der Waals surface area contributed by atoms with Crippen LogP contribution in [0.15, 0.2) is 36.4 Å². The molecule has 0 aliphatic heterocycles. The minimum absolute atomic E-state index is 0.153. The highest BCUT2D eigenvalue weighted by atomic mass is 35.5. The van der Waals surface area contributed by atoms with Gasteiger partial charge in [-0.2, -0.15) is 0 Å². The number of aryl methyl sites for hydroxylation is 1. The molecule has 8 heteroatoms. The van der Waals surface area contributed by atoms with Crippen LogP contribution >= 0.6 is 23.2 Å². The first-order chi connectivity index (χ1) is 16.4. The van der Waals surface area contributed by atoms with Crippen LogP contribution in [0.5, 0.6) is 11.5 Å². The number of hydrogen-bond acceptors (Lipinski definition) is 4. The molecule has 2 rings (SSSR count). The zero-order valence-corrected chi connectivity index (χ0v) is 22.9. The molecule has 6 nitrogen and oxygen atoms in total. The van der Waals surface area contributed by atoms with Crippen molar-refractivity contribution >= 4 is 35.0 Å². The van der Waals surface area contributed by atoms with Crippen molar-refractivity contribution in [1.29, 1.82) is 0 Å². The van der Waals surface area contributed by atoms with E-state index in [4.69, 9.17) is 32.7 Å². The molecule has 1 atom stereocenters. The maximum atomic E-state index is 13.4. The maximum Gasteiger partial charge on any atom is 0.242 e. The number of carbonyl (C=O) groups excluding carboxylic acids is 2. The lowest BCUT2D eigenvalue weighted by Crippen LogP contribution is -2.52. The topological polar surface area (TPSA) is 67.9 Å². The Morgan fingerprint density at radius 2 is 1.66 bits per heavy atom. The van der Waals surface area contributed by atoms with E-state index in [1.807, 2.05) is 52.8 Å². The summed E-state index contributed by atoms with van der Waals surface area (Å²) in [5.41, 5.74) is 1.25. The first-order valence-corrected chi connectivity index (χ1v) is 12.6. The van der Waals surface area contributed by atoms with Crippen LogP contribution in [-0.4, -0.2) is 41.5 Å². The van der Waals surface area contributed by atoms with Gasteiger partial charge in [0.05, 0.1) is 13.2 Å². The van der Waals surface area contributed by atoms with Gasteiger partial charge in [0.25, 0.3) is 0 Å². The molecule has 2 aromatic carbocycles. The van der Waals surface area contributed by atoms with E-state index in [0.29, 0.717) is 41.2 Å². The monoisotopic (exact) mass is 522 g/mol. The minimum atomic E-state index is -0.687. The Bertz CT molecular complexity index is 1020. The van der Waals surface area contributed by atoms with E-state index in [0.717, 1.165) is 11.1 Å².